The zero-order valence-electron chi connectivity index (χ0n) is 11.3. The van der Waals surface area contributed by atoms with Crippen molar-refractivity contribution in [2.24, 2.45) is 0 Å². The van der Waals surface area contributed by atoms with E-state index < -0.39 is 0 Å². The molecule has 2 rings (SSSR count). The van der Waals surface area contributed by atoms with Gasteiger partial charge in [-0.3, -0.25) is 4.98 Å². The second-order valence-electron chi connectivity index (χ2n) is 4.54. The van der Waals surface area contributed by atoms with Crippen molar-refractivity contribution in [3.05, 3.63) is 21.0 Å². The van der Waals surface area contributed by atoms with Crippen LogP contribution in [0.5, 0.6) is 0 Å². The average Bonchev–Trinajstić information content (AvgIpc) is 2.91. The monoisotopic (exact) mass is 388 g/mol. The van der Waals surface area contributed by atoms with Gasteiger partial charge in [0, 0.05) is 12.7 Å². The molecule has 0 fully saturated rings. The number of halogens is 1. The molecule has 0 saturated carbocycles. The normalized spacial score (nSPS) is 11.0. The fourth-order valence-electron chi connectivity index (χ4n) is 1.64. The minimum Gasteiger partial charge on any atom is -0.369 e. The highest BCUT2D eigenvalue weighted by molar-refractivity contribution is 14.1. The molecular weight excluding hydrogens is 371 g/mol. The lowest BCUT2D eigenvalue weighted by atomic mass is 10.1. The fraction of sp³-hybridized carbons (Fsp3) is 0.462. The molecule has 0 radical (unpaired) electrons. The van der Waals surface area contributed by atoms with Crippen molar-refractivity contribution in [3.63, 3.8) is 0 Å². The zero-order valence-corrected chi connectivity index (χ0v) is 14.2. The Bertz CT molecular complexity index is 540. The minimum absolute atomic E-state index is 0.378. The number of rotatable bonds is 5. The number of thiazole rings is 1. The fourth-order valence-corrected chi connectivity index (χ4v) is 3.25. The molecule has 0 spiro atoms. The van der Waals surface area contributed by atoms with E-state index in [1.165, 1.54) is 0 Å². The molecule has 0 amide bonds. The van der Waals surface area contributed by atoms with Crippen LogP contribution >= 0.6 is 33.9 Å². The Morgan fingerprint density at radius 2 is 2.16 bits per heavy atom. The first kappa shape index (κ1) is 14.6. The smallest absolute Gasteiger partial charge is 0.173 e. The molecule has 102 valence electrons. The van der Waals surface area contributed by atoms with Crippen LogP contribution in [0.3, 0.4) is 0 Å². The van der Waals surface area contributed by atoms with Gasteiger partial charge in [-0.2, -0.15) is 0 Å². The minimum atomic E-state index is 0.378. The standard InChI is InChI=1S/C13H17IN4S/c1-4-5-16-13-10(14)11(8(2)3)17-12(18-13)9-6-15-7-19-9/h6-8H,4-5H2,1-3H3,(H,16,17,18). The van der Waals surface area contributed by atoms with Gasteiger partial charge in [-0.25, -0.2) is 9.97 Å². The van der Waals surface area contributed by atoms with Crippen molar-refractivity contribution in [2.45, 2.75) is 33.1 Å². The highest BCUT2D eigenvalue weighted by Crippen LogP contribution is 2.29. The van der Waals surface area contributed by atoms with Crippen LogP contribution in [-0.4, -0.2) is 21.5 Å². The Balaban J connectivity index is 2.47. The number of hydrogen-bond donors (Lipinski definition) is 1. The number of hydrogen-bond acceptors (Lipinski definition) is 5. The number of nitrogens with zero attached hydrogens (tertiary/aromatic N) is 3. The van der Waals surface area contributed by atoms with Gasteiger partial charge < -0.3 is 5.32 Å². The predicted octanol–water partition coefficient (Wildman–Crippen LogP) is 4.15. The first-order chi connectivity index (χ1) is 9.13. The summed E-state index contributed by atoms with van der Waals surface area (Å²) in [6, 6.07) is 0. The quantitative estimate of drug-likeness (QED) is 0.782. The number of anilines is 1. The van der Waals surface area contributed by atoms with E-state index in [1.54, 1.807) is 11.3 Å². The molecule has 1 N–H and O–H groups in total. The van der Waals surface area contributed by atoms with Gasteiger partial charge in [0.2, 0.25) is 0 Å². The van der Waals surface area contributed by atoms with Crippen LogP contribution in [0.25, 0.3) is 10.7 Å². The maximum atomic E-state index is 4.69. The van der Waals surface area contributed by atoms with Gasteiger partial charge in [0.15, 0.2) is 5.82 Å². The SMILES string of the molecule is CCCNc1nc(-c2cncs2)nc(C(C)C)c1I. The molecule has 0 aromatic carbocycles. The number of aromatic nitrogens is 3. The molecule has 6 heteroatoms. The summed E-state index contributed by atoms with van der Waals surface area (Å²) in [7, 11) is 0. The largest absolute Gasteiger partial charge is 0.369 e. The van der Waals surface area contributed by atoms with E-state index in [2.05, 4.69) is 58.6 Å². The molecule has 0 atom stereocenters. The molecule has 0 aliphatic rings. The first-order valence-electron chi connectivity index (χ1n) is 6.33. The van der Waals surface area contributed by atoms with Gasteiger partial charge in [0.1, 0.15) is 5.82 Å². The Labute approximate surface area is 131 Å². The lowest BCUT2D eigenvalue weighted by Gasteiger charge is -2.14. The van der Waals surface area contributed by atoms with E-state index in [9.17, 15) is 0 Å². The van der Waals surface area contributed by atoms with E-state index in [4.69, 9.17) is 4.98 Å². The Hall–Kier alpha value is -0.760. The maximum Gasteiger partial charge on any atom is 0.173 e. The van der Waals surface area contributed by atoms with Crippen molar-refractivity contribution in [2.75, 3.05) is 11.9 Å². The van der Waals surface area contributed by atoms with Gasteiger partial charge in [-0.05, 0) is 34.9 Å². The topological polar surface area (TPSA) is 50.7 Å². The Morgan fingerprint density at radius 1 is 1.37 bits per heavy atom. The molecule has 0 saturated heterocycles. The van der Waals surface area contributed by atoms with Crippen LogP contribution in [0.15, 0.2) is 11.7 Å². The average molecular weight is 388 g/mol. The van der Waals surface area contributed by atoms with Crippen LogP contribution in [-0.2, 0) is 0 Å². The van der Waals surface area contributed by atoms with E-state index in [-0.39, 0.29) is 0 Å². The molecular formula is C13H17IN4S. The van der Waals surface area contributed by atoms with Crippen LogP contribution in [0, 0.1) is 3.57 Å². The lowest BCUT2D eigenvalue weighted by Crippen LogP contribution is -2.09. The third-order valence-corrected chi connectivity index (χ3v) is 4.45. The summed E-state index contributed by atoms with van der Waals surface area (Å²) in [5.41, 5.74) is 2.91. The Kier molecular flexibility index (Phi) is 5.09. The van der Waals surface area contributed by atoms with Crippen LogP contribution in [0.1, 0.15) is 38.8 Å². The van der Waals surface area contributed by atoms with E-state index in [1.807, 2.05) is 11.7 Å². The summed E-state index contributed by atoms with van der Waals surface area (Å²) in [5.74, 6) is 2.08. The van der Waals surface area contributed by atoms with Gasteiger partial charge in [-0.15, -0.1) is 11.3 Å². The second kappa shape index (κ2) is 6.60. The van der Waals surface area contributed by atoms with E-state index in [0.717, 1.165) is 38.7 Å². The third kappa shape index (κ3) is 3.42. The summed E-state index contributed by atoms with van der Waals surface area (Å²) >= 11 is 3.90. The van der Waals surface area contributed by atoms with E-state index in [0.29, 0.717) is 5.92 Å². The van der Waals surface area contributed by atoms with Crippen LogP contribution in [0.2, 0.25) is 0 Å². The molecule has 2 aromatic heterocycles. The summed E-state index contributed by atoms with van der Waals surface area (Å²) in [5, 5.41) is 3.39. The molecule has 19 heavy (non-hydrogen) atoms. The summed E-state index contributed by atoms with van der Waals surface area (Å²) in [6.07, 6.45) is 2.90. The zero-order chi connectivity index (χ0) is 13.8. The van der Waals surface area contributed by atoms with Gasteiger partial charge in [0.05, 0.1) is 19.7 Å². The van der Waals surface area contributed by atoms with Gasteiger partial charge >= 0.3 is 0 Å². The highest BCUT2D eigenvalue weighted by Gasteiger charge is 2.16. The molecule has 0 bridgehead atoms. The predicted molar refractivity (Wildman–Crippen MR) is 88.7 cm³/mol. The summed E-state index contributed by atoms with van der Waals surface area (Å²) in [6.45, 7) is 7.39. The van der Waals surface area contributed by atoms with Crippen molar-refractivity contribution < 1.29 is 0 Å². The lowest BCUT2D eigenvalue weighted by molar-refractivity contribution is 0.808. The van der Waals surface area contributed by atoms with Crippen molar-refractivity contribution >= 4 is 39.7 Å². The van der Waals surface area contributed by atoms with Crippen LogP contribution < -0.4 is 5.32 Å². The van der Waals surface area contributed by atoms with Crippen LogP contribution in [0.4, 0.5) is 5.82 Å². The molecule has 4 nitrogen and oxygen atoms in total. The molecule has 2 aromatic rings. The number of nitrogens with one attached hydrogen (secondary N) is 1. The summed E-state index contributed by atoms with van der Waals surface area (Å²) < 4.78 is 1.12. The third-order valence-electron chi connectivity index (χ3n) is 2.62. The first-order valence-corrected chi connectivity index (χ1v) is 8.29. The van der Waals surface area contributed by atoms with Crippen molar-refractivity contribution in [1.82, 2.24) is 15.0 Å². The van der Waals surface area contributed by atoms with Gasteiger partial charge in [-0.1, -0.05) is 20.8 Å². The molecule has 0 unspecified atom stereocenters. The van der Waals surface area contributed by atoms with E-state index >= 15 is 0 Å². The second-order valence-corrected chi connectivity index (χ2v) is 6.51. The summed E-state index contributed by atoms with van der Waals surface area (Å²) in [4.78, 5) is 14.4. The molecule has 2 heterocycles. The Morgan fingerprint density at radius 3 is 2.74 bits per heavy atom. The van der Waals surface area contributed by atoms with Crippen molar-refractivity contribution in [3.8, 4) is 10.7 Å². The van der Waals surface area contributed by atoms with Crippen molar-refractivity contribution in [1.29, 1.82) is 0 Å². The molecule has 0 aliphatic carbocycles. The molecule has 0 aliphatic heterocycles. The van der Waals surface area contributed by atoms with Gasteiger partial charge in [0.25, 0.3) is 0 Å². The maximum absolute atomic E-state index is 4.69. The highest BCUT2D eigenvalue weighted by atomic mass is 127.